The Morgan fingerprint density at radius 2 is 1.17 bits per heavy atom. The maximum Gasteiger partial charge on any atom is 2.00 e. The third-order valence-corrected chi connectivity index (χ3v) is 9.57. The van der Waals surface area contributed by atoms with Gasteiger partial charge in [0.2, 0.25) is 0 Å². The second-order valence-electron chi connectivity index (χ2n) is 8.36. The molecule has 0 radical (unpaired) electrons. The van der Waals surface area contributed by atoms with Crippen molar-refractivity contribution in [1.29, 1.82) is 0 Å². The third kappa shape index (κ3) is 8.15. The molecule has 2 heteroatoms. The second kappa shape index (κ2) is 16.1. The summed E-state index contributed by atoms with van der Waals surface area (Å²) < 4.78 is 0. The van der Waals surface area contributed by atoms with Crippen molar-refractivity contribution in [1.82, 2.24) is 0 Å². The molecule has 30 heavy (non-hydrogen) atoms. The van der Waals surface area contributed by atoms with Crippen LogP contribution in [0.25, 0.3) is 0 Å². The fourth-order valence-electron chi connectivity index (χ4n) is 4.85. The predicted molar refractivity (Wildman–Crippen MR) is 136 cm³/mol. The molecule has 2 fully saturated rings. The van der Waals surface area contributed by atoms with Crippen molar-refractivity contribution < 1.29 is 17.1 Å². The van der Waals surface area contributed by atoms with E-state index in [1.54, 1.807) is 10.6 Å². The van der Waals surface area contributed by atoms with Crippen LogP contribution in [-0.4, -0.2) is 5.66 Å². The molecule has 3 unspecified atom stereocenters. The SMILES string of the molecule is C1CCCC1.CCC(C)C1CCCC1P(c1ccccc1)c1ccccc1.[CH3-].[CH3-].[Fe+2]. The first kappa shape index (κ1) is 29.4. The van der Waals surface area contributed by atoms with Gasteiger partial charge in [0, 0.05) is 0 Å². The Balaban J connectivity index is 0.000000928. The third-order valence-electron chi connectivity index (χ3n) is 6.56. The topological polar surface area (TPSA) is 0 Å². The fraction of sp³-hybridized carbons (Fsp3) is 0.500. The van der Waals surface area contributed by atoms with E-state index in [0.717, 1.165) is 17.5 Å². The normalized spacial score (nSPS) is 20.8. The van der Waals surface area contributed by atoms with Gasteiger partial charge in [-0.1, -0.05) is 119 Å². The molecule has 168 valence electrons. The molecular weight excluding hydrogens is 423 g/mol. The number of hydrogen-bond donors (Lipinski definition) is 0. The summed E-state index contributed by atoms with van der Waals surface area (Å²) in [7, 11) is -0.229. The maximum absolute atomic E-state index is 2.46. The molecular formula is C28H43FeP. The van der Waals surface area contributed by atoms with Crippen LogP contribution in [-0.2, 0) is 17.1 Å². The van der Waals surface area contributed by atoms with Gasteiger partial charge in [0.05, 0.1) is 0 Å². The molecule has 0 nitrogen and oxygen atoms in total. The number of benzene rings is 2. The standard InChI is InChI=1S/C21H27P.C5H10.2CH3.Fe/c1-3-17(2)20-15-10-16-21(20)22(18-11-6-4-7-12-18)19-13-8-5-9-14-19;1-2-4-5-3-1;;;/h4-9,11-14,17,20-21H,3,10,15-16H2,1-2H3;1-5H2;2*1H3;/q;;2*-1;+2. The molecule has 2 aliphatic carbocycles. The molecule has 3 atom stereocenters. The van der Waals surface area contributed by atoms with Gasteiger partial charge in [0.1, 0.15) is 0 Å². The van der Waals surface area contributed by atoms with E-state index >= 15 is 0 Å². The molecule has 2 aromatic carbocycles. The van der Waals surface area contributed by atoms with E-state index in [9.17, 15) is 0 Å². The summed E-state index contributed by atoms with van der Waals surface area (Å²) in [5.74, 6) is 1.75. The van der Waals surface area contributed by atoms with Crippen molar-refractivity contribution in [3.63, 3.8) is 0 Å². The molecule has 0 saturated heterocycles. The average Bonchev–Trinajstić information content (AvgIpc) is 3.45. The van der Waals surface area contributed by atoms with Gasteiger partial charge in [-0.25, -0.2) is 0 Å². The van der Waals surface area contributed by atoms with Gasteiger partial charge >= 0.3 is 17.1 Å². The van der Waals surface area contributed by atoms with Crippen LogP contribution in [0.3, 0.4) is 0 Å². The molecule has 0 amide bonds. The Morgan fingerprint density at radius 3 is 1.57 bits per heavy atom. The summed E-state index contributed by atoms with van der Waals surface area (Å²) in [6.45, 7) is 4.82. The van der Waals surface area contributed by atoms with Crippen molar-refractivity contribution >= 4 is 18.5 Å². The number of hydrogen-bond acceptors (Lipinski definition) is 0. The second-order valence-corrected chi connectivity index (χ2v) is 10.8. The van der Waals surface area contributed by atoms with Crippen molar-refractivity contribution in [2.24, 2.45) is 11.8 Å². The van der Waals surface area contributed by atoms with Gasteiger partial charge in [-0.15, -0.1) is 0 Å². The molecule has 2 aliphatic rings. The predicted octanol–water partition coefficient (Wildman–Crippen LogP) is 8.18. The van der Waals surface area contributed by atoms with E-state index < -0.39 is 0 Å². The molecule has 0 spiro atoms. The van der Waals surface area contributed by atoms with Crippen molar-refractivity contribution in [2.75, 3.05) is 0 Å². The van der Waals surface area contributed by atoms with Crippen molar-refractivity contribution in [3.8, 4) is 0 Å². The first-order valence-electron chi connectivity index (χ1n) is 11.2. The zero-order chi connectivity index (χ0) is 18.9. The van der Waals surface area contributed by atoms with E-state index in [2.05, 4.69) is 74.5 Å². The molecule has 0 N–H and O–H groups in total. The summed E-state index contributed by atoms with van der Waals surface area (Å²) in [5.41, 5.74) is 0.856. The van der Waals surface area contributed by atoms with Crippen LogP contribution in [0.5, 0.6) is 0 Å². The Bertz CT molecular complexity index is 591. The zero-order valence-corrected chi connectivity index (χ0v) is 21.7. The quantitative estimate of drug-likeness (QED) is 0.237. The van der Waals surface area contributed by atoms with Crippen molar-refractivity contribution in [2.45, 2.75) is 77.3 Å². The molecule has 0 aromatic heterocycles. The maximum atomic E-state index is 2.46. The Hall–Kier alpha value is -0.611. The molecule has 2 aromatic rings. The molecule has 0 bridgehead atoms. The minimum atomic E-state index is -0.229. The van der Waals surface area contributed by atoms with Crippen molar-refractivity contribution in [3.05, 3.63) is 75.5 Å². The summed E-state index contributed by atoms with van der Waals surface area (Å²) in [6.07, 6.45) is 13.1. The van der Waals surface area contributed by atoms with Gasteiger partial charge in [-0.05, 0) is 48.9 Å². The molecule has 4 rings (SSSR count). The van der Waals surface area contributed by atoms with Crippen LogP contribution < -0.4 is 10.6 Å². The van der Waals surface area contributed by atoms with Gasteiger partial charge in [0.15, 0.2) is 0 Å². The van der Waals surface area contributed by atoms with Gasteiger partial charge in [0.25, 0.3) is 0 Å². The minimum Gasteiger partial charge on any atom is -0.358 e. The molecule has 0 aliphatic heterocycles. The average molecular weight is 466 g/mol. The van der Waals surface area contributed by atoms with Gasteiger partial charge in [-0.2, -0.15) is 0 Å². The van der Waals surface area contributed by atoms with Crippen LogP contribution >= 0.6 is 7.92 Å². The van der Waals surface area contributed by atoms with Gasteiger partial charge in [-0.3, -0.25) is 0 Å². The van der Waals surface area contributed by atoms with E-state index in [-0.39, 0.29) is 39.8 Å². The summed E-state index contributed by atoms with van der Waals surface area (Å²) in [6, 6.07) is 22.5. The zero-order valence-electron chi connectivity index (χ0n) is 19.7. The van der Waals surface area contributed by atoms with E-state index in [1.807, 2.05) is 0 Å². The largest absolute Gasteiger partial charge is 2.00 e. The Morgan fingerprint density at radius 1 is 0.733 bits per heavy atom. The monoisotopic (exact) mass is 466 g/mol. The van der Waals surface area contributed by atoms with E-state index in [1.165, 1.54) is 57.8 Å². The fourth-order valence-corrected chi connectivity index (χ4v) is 8.17. The van der Waals surface area contributed by atoms with Crippen LogP contribution in [0, 0.1) is 26.7 Å². The van der Waals surface area contributed by atoms with E-state index in [4.69, 9.17) is 0 Å². The molecule has 2 saturated carbocycles. The van der Waals surface area contributed by atoms with Crippen LogP contribution in [0.2, 0.25) is 0 Å². The Labute approximate surface area is 199 Å². The summed E-state index contributed by atoms with van der Waals surface area (Å²) in [5, 5.41) is 3.12. The molecule has 0 heterocycles. The first-order valence-corrected chi connectivity index (χ1v) is 12.6. The van der Waals surface area contributed by atoms with E-state index in [0.29, 0.717) is 0 Å². The van der Waals surface area contributed by atoms with Crippen LogP contribution in [0.15, 0.2) is 60.7 Å². The van der Waals surface area contributed by atoms with Gasteiger partial charge < -0.3 is 14.9 Å². The minimum absolute atomic E-state index is 0. The summed E-state index contributed by atoms with van der Waals surface area (Å²) >= 11 is 0. The Kier molecular flexibility index (Phi) is 15.8. The van der Waals surface area contributed by atoms with Crippen LogP contribution in [0.1, 0.15) is 71.6 Å². The smallest absolute Gasteiger partial charge is 0.358 e. The number of rotatable bonds is 5. The summed E-state index contributed by atoms with van der Waals surface area (Å²) in [4.78, 5) is 0. The van der Waals surface area contributed by atoms with Crippen LogP contribution in [0.4, 0.5) is 0 Å². The first-order chi connectivity index (χ1) is 13.3.